The second kappa shape index (κ2) is 6.44. The quantitative estimate of drug-likeness (QED) is 0.798. The van der Waals surface area contributed by atoms with Crippen molar-refractivity contribution < 1.29 is 9.53 Å². The van der Waals surface area contributed by atoms with Crippen LogP contribution in [0.3, 0.4) is 0 Å². The number of carbonyl (C=O) groups excluding carboxylic acids is 1. The van der Waals surface area contributed by atoms with Crippen LogP contribution in [0.2, 0.25) is 0 Å². The zero-order valence-electron chi connectivity index (χ0n) is 13.0. The average molecular weight is 364 g/mol. The Hall–Kier alpha value is -1.95. The lowest BCUT2D eigenvalue weighted by Gasteiger charge is -2.24. The van der Waals surface area contributed by atoms with E-state index in [1.54, 1.807) is 25.5 Å². The van der Waals surface area contributed by atoms with Gasteiger partial charge in [-0.3, -0.25) is 9.88 Å². The van der Waals surface area contributed by atoms with Gasteiger partial charge in [0.2, 0.25) is 0 Å². The number of ether oxygens (including phenoxy) is 1. The summed E-state index contributed by atoms with van der Waals surface area (Å²) < 4.78 is 6.23. The third-order valence-corrected chi connectivity index (χ3v) is 3.25. The Labute approximate surface area is 138 Å². The maximum atomic E-state index is 12.0. The van der Waals surface area contributed by atoms with Crippen molar-refractivity contribution in [1.29, 1.82) is 0 Å². The van der Waals surface area contributed by atoms with E-state index in [1.807, 2.05) is 39.0 Å². The molecule has 2 aromatic heterocycles. The minimum Gasteiger partial charge on any atom is -0.443 e. The molecule has 0 spiro atoms. The van der Waals surface area contributed by atoms with Crippen molar-refractivity contribution in [2.75, 3.05) is 11.9 Å². The first-order valence-corrected chi connectivity index (χ1v) is 7.60. The molecule has 6 heteroatoms. The van der Waals surface area contributed by atoms with E-state index in [-0.39, 0.29) is 0 Å². The van der Waals surface area contributed by atoms with Gasteiger partial charge in [0.25, 0.3) is 0 Å². The molecule has 0 bridgehead atoms. The van der Waals surface area contributed by atoms with Crippen LogP contribution in [0.4, 0.5) is 10.6 Å². The summed E-state index contributed by atoms with van der Waals surface area (Å²) in [5.74, 6) is 0.523. The third kappa shape index (κ3) is 4.27. The first kappa shape index (κ1) is 16.4. The molecule has 0 saturated carbocycles. The molecule has 0 saturated heterocycles. The highest BCUT2D eigenvalue weighted by Gasteiger charge is 2.21. The van der Waals surface area contributed by atoms with Crippen molar-refractivity contribution in [3.8, 4) is 11.3 Å². The fourth-order valence-corrected chi connectivity index (χ4v) is 1.94. The van der Waals surface area contributed by atoms with E-state index in [0.717, 1.165) is 15.7 Å². The summed E-state index contributed by atoms with van der Waals surface area (Å²) in [4.78, 5) is 22.0. The predicted molar refractivity (Wildman–Crippen MR) is 89.8 cm³/mol. The standard InChI is InChI=1S/C16H18BrN3O2/c1-16(2,3)22-15(21)20(4)14-8-5-11(9-19-14)13-7-6-12(17)10-18-13/h5-10H,1-4H3. The van der Waals surface area contributed by atoms with E-state index in [1.165, 1.54) is 4.90 Å². The molecule has 0 aliphatic heterocycles. The highest BCUT2D eigenvalue weighted by atomic mass is 79.9. The molecule has 2 heterocycles. The van der Waals surface area contributed by atoms with Crippen molar-refractivity contribution in [3.05, 3.63) is 41.1 Å². The SMILES string of the molecule is CN(C(=O)OC(C)(C)C)c1ccc(-c2ccc(Br)cn2)cn1. The van der Waals surface area contributed by atoms with Crippen LogP contribution in [0.5, 0.6) is 0 Å². The summed E-state index contributed by atoms with van der Waals surface area (Å²) in [7, 11) is 1.63. The van der Waals surface area contributed by atoms with Crippen molar-refractivity contribution in [3.63, 3.8) is 0 Å². The highest BCUT2D eigenvalue weighted by molar-refractivity contribution is 9.10. The monoisotopic (exact) mass is 363 g/mol. The van der Waals surface area contributed by atoms with Crippen molar-refractivity contribution in [2.24, 2.45) is 0 Å². The first-order chi connectivity index (χ1) is 10.3. The van der Waals surface area contributed by atoms with Crippen LogP contribution in [0, 0.1) is 0 Å². The van der Waals surface area contributed by atoms with E-state index in [4.69, 9.17) is 4.74 Å². The Bertz CT molecular complexity index is 649. The van der Waals surface area contributed by atoms with Crippen molar-refractivity contribution in [1.82, 2.24) is 9.97 Å². The van der Waals surface area contributed by atoms with Gasteiger partial charge < -0.3 is 4.74 Å². The molecule has 2 aromatic rings. The Morgan fingerprint density at radius 2 is 1.86 bits per heavy atom. The van der Waals surface area contributed by atoms with Gasteiger partial charge in [0, 0.05) is 29.5 Å². The number of pyridine rings is 2. The topological polar surface area (TPSA) is 55.3 Å². The van der Waals surface area contributed by atoms with Gasteiger partial charge in [-0.1, -0.05) is 0 Å². The normalized spacial score (nSPS) is 11.1. The Morgan fingerprint density at radius 3 is 2.36 bits per heavy atom. The largest absolute Gasteiger partial charge is 0.443 e. The fraction of sp³-hybridized carbons (Fsp3) is 0.312. The zero-order chi connectivity index (χ0) is 16.3. The van der Waals surface area contributed by atoms with Gasteiger partial charge in [-0.25, -0.2) is 9.78 Å². The van der Waals surface area contributed by atoms with Crippen LogP contribution >= 0.6 is 15.9 Å². The molecule has 2 rings (SSSR count). The number of anilines is 1. The molecule has 0 atom stereocenters. The molecule has 1 amide bonds. The number of hydrogen-bond donors (Lipinski definition) is 0. The van der Waals surface area contributed by atoms with E-state index in [0.29, 0.717) is 5.82 Å². The number of nitrogens with zero attached hydrogens (tertiary/aromatic N) is 3. The number of halogens is 1. The molecule has 116 valence electrons. The summed E-state index contributed by atoms with van der Waals surface area (Å²) in [6.45, 7) is 5.48. The van der Waals surface area contributed by atoms with Gasteiger partial charge in [-0.05, 0) is 61.0 Å². The molecule has 0 unspecified atom stereocenters. The average Bonchev–Trinajstić information content (AvgIpc) is 2.46. The maximum Gasteiger partial charge on any atom is 0.415 e. The lowest BCUT2D eigenvalue weighted by molar-refractivity contribution is 0.0588. The summed E-state index contributed by atoms with van der Waals surface area (Å²) >= 11 is 3.35. The molecule has 0 aromatic carbocycles. The highest BCUT2D eigenvalue weighted by Crippen LogP contribution is 2.21. The second-order valence-electron chi connectivity index (χ2n) is 5.81. The van der Waals surface area contributed by atoms with Gasteiger partial charge in [0.1, 0.15) is 11.4 Å². The van der Waals surface area contributed by atoms with Crippen LogP contribution < -0.4 is 4.90 Å². The number of hydrogen-bond acceptors (Lipinski definition) is 4. The summed E-state index contributed by atoms with van der Waals surface area (Å²) in [6, 6.07) is 7.46. The van der Waals surface area contributed by atoms with Gasteiger partial charge in [-0.15, -0.1) is 0 Å². The molecule has 0 aliphatic rings. The Balaban J connectivity index is 2.14. The van der Waals surface area contributed by atoms with Crippen LogP contribution in [0.15, 0.2) is 41.1 Å². The molecular formula is C16H18BrN3O2. The van der Waals surface area contributed by atoms with Gasteiger partial charge in [0.05, 0.1) is 5.69 Å². The molecular weight excluding hydrogens is 346 g/mol. The first-order valence-electron chi connectivity index (χ1n) is 6.81. The molecule has 0 radical (unpaired) electrons. The maximum absolute atomic E-state index is 12.0. The van der Waals surface area contributed by atoms with E-state index < -0.39 is 11.7 Å². The lowest BCUT2D eigenvalue weighted by Crippen LogP contribution is -2.34. The second-order valence-corrected chi connectivity index (χ2v) is 6.72. The molecule has 5 nitrogen and oxygen atoms in total. The van der Waals surface area contributed by atoms with Crippen LogP contribution in [0.1, 0.15) is 20.8 Å². The summed E-state index contributed by atoms with van der Waals surface area (Å²) in [5, 5.41) is 0. The Morgan fingerprint density at radius 1 is 1.14 bits per heavy atom. The Kier molecular flexibility index (Phi) is 4.81. The fourth-order valence-electron chi connectivity index (χ4n) is 1.71. The van der Waals surface area contributed by atoms with Crippen molar-refractivity contribution >= 4 is 27.8 Å². The van der Waals surface area contributed by atoms with E-state index in [2.05, 4.69) is 25.9 Å². The molecule has 0 aliphatic carbocycles. The predicted octanol–water partition coefficient (Wildman–Crippen LogP) is 4.28. The van der Waals surface area contributed by atoms with Crippen LogP contribution in [-0.2, 0) is 4.74 Å². The zero-order valence-corrected chi connectivity index (χ0v) is 14.6. The lowest BCUT2D eigenvalue weighted by atomic mass is 10.2. The molecule has 22 heavy (non-hydrogen) atoms. The van der Waals surface area contributed by atoms with Crippen LogP contribution in [0.25, 0.3) is 11.3 Å². The minimum absolute atomic E-state index is 0.436. The van der Waals surface area contributed by atoms with Gasteiger partial charge in [0.15, 0.2) is 0 Å². The van der Waals surface area contributed by atoms with E-state index >= 15 is 0 Å². The van der Waals surface area contributed by atoms with Gasteiger partial charge >= 0.3 is 6.09 Å². The van der Waals surface area contributed by atoms with Gasteiger partial charge in [-0.2, -0.15) is 0 Å². The number of aromatic nitrogens is 2. The third-order valence-electron chi connectivity index (χ3n) is 2.78. The molecule has 0 N–H and O–H groups in total. The number of rotatable bonds is 2. The van der Waals surface area contributed by atoms with Crippen LogP contribution in [-0.4, -0.2) is 28.7 Å². The number of carbonyl (C=O) groups is 1. The molecule has 0 fully saturated rings. The van der Waals surface area contributed by atoms with E-state index in [9.17, 15) is 4.79 Å². The summed E-state index contributed by atoms with van der Waals surface area (Å²) in [6.07, 6.45) is 2.98. The number of amides is 1. The smallest absolute Gasteiger partial charge is 0.415 e. The summed E-state index contributed by atoms with van der Waals surface area (Å²) in [5.41, 5.74) is 1.17. The minimum atomic E-state index is -0.535. The van der Waals surface area contributed by atoms with Crippen molar-refractivity contribution in [2.45, 2.75) is 26.4 Å².